The molecule has 2 rings (SSSR count). The number of rotatable bonds is 6. The highest BCUT2D eigenvalue weighted by atomic mass is 79.9. The molecule has 0 aliphatic carbocycles. The molecule has 1 atom stereocenters. The van der Waals surface area contributed by atoms with Crippen molar-refractivity contribution < 1.29 is 9.15 Å². The van der Waals surface area contributed by atoms with E-state index in [9.17, 15) is 0 Å². The highest BCUT2D eigenvalue weighted by molar-refractivity contribution is 9.10. The maximum Gasteiger partial charge on any atom is 0.120 e. The topological polar surface area (TPSA) is 34.4 Å². The summed E-state index contributed by atoms with van der Waals surface area (Å²) in [5, 5.41) is 3.54. The molecule has 102 valence electrons. The van der Waals surface area contributed by atoms with Crippen LogP contribution in [0.1, 0.15) is 30.5 Å². The van der Waals surface area contributed by atoms with Crippen LogP contribution in [-0.4, -0.2) is 13.7 Å². The molecular formula is C15H18BrNO2. The summed E-state index contributed by atoms with van der Waals surface area (Å²) in [6.07, 6.45) is 4.57. The van der Waals surface area contributed by atoms with Gasteiger partial charge in [0.2, 0.25) is 0 Å². The van der Waals surface area contributed by atoms with E-state index in [1.54, 1.807) is 19.6 Å². The number of nitrogens with one attached hydrogen (secondary N) is 1. The lowest BCUT2D eigenvalue weighted by atomic mass is 10.0. The number of hydrogen-bond donors (Lipinski definition) is 1. The van der Waals surface area contributed by atoms with Crippen molar-refractivity contribution in [2.75, 3.05) is 13.7 Å². The lowest BCUT2D eigenvalue weighted by Gasteiger charge is -2.19. The van der Waals surface area contributed by atoms with Crippen LogP contribution in [0.15, 0.2) is 45.7 Å². The third-order valence-electron chi connectivity index (χ3n) is 2.99. The maximum absolute atomic E-state index is 5.23. The Bertz CT molecular complexity index is 511. The molecule has 1 N–H and O–H groups in total. The molecule has 19 heavy (non-hydrogen) atoms. The predicted molar refractivity (Wildman–Crippen MR) is 79.5 cm³/mol. The molecule has 0 saturated carbocycles. The first-order valence-corrected chi connectivity index (χ1v) is 7.14. The summed E-state index contributed by atoms with van der Waals surface area (Å²) >= 11 is 3.62. The second kappa shape index (κ2) is 6.78. The van der Waals surface area contributed by atoms with Crippen LogP contribution < -0.4 is 10.1 Å². The van der Waals surface area contributed by atoms with Gasteiger partial charge in [0.25, 0.3) is 0 Å². The van der Waals surface area contributed by atoms with Gasteiger partial charge >= 0.3 is 0 Å². The van der Waals surface area contributed by atoms with Crippen LogP contribution in [0.5, 0.6) is 5.75 Å². The third-order valence-corrected chi connectivity index (χ3v) is 3.68. The van der Waals surface area contributed by atoms with Crippen molar-refractivity contribution in [2.45, 2.75) is 19.4 Å². The van der Waals surface area contributed by atoms with Crippen molar-refractivity contribution in [3.63, 3.8) is 0 Å². The summed E-state index contributed by atoms with van der Waals surface area (Å²) in [7, 11) is 1.67. The SMILES string of the molecule is CCCNC(c1ccoc1)c1ccc(OC)cc1Br. The van der Waals surface area contributed by atoms with E-state index < -0.39 is 0 Å². The van der Waals surface area contributed by atoms with Gasteiger partial charge in [0.15, 0.2) is 0 Å². The highest BCUT2D eigenvalue weighted by Gasteiger charge is 2.17. The van der Waals surface area contributed by atoms with Crippen molar-refractivity contribution in [3.05, 3.63) is 52.4 Å². The lowest BCUT2D eigenvalue weighted by molar-refractivity contribution is 0.414. The number of furan rings is 1. The average molecular weight is 324 g/mol. The Labute approximate surface area is 122 Å². The minimum absolute atomic E-state index is 0.124. The summed E-state index contributed by atoms with van der Waals surface area (Å²) < 4.78 is 11.5. The number of ether oxygens (including phenoxy) is 1. The molecule has 0 fully saturated rings. The van der Waals surface area contributed by atoms with Crippen LogP contribution in [0, 0.1) is 0 Å². The predicted octanol–water partition coefficient (Wildman–Crippen LogP) is 4.14. The van der Waals surface area contributed by atoms with E-state index in [-0.39, 0.29) is 6.04 Å². The molecule has 0 saturated heterocycles. The van der Waals surface area contributed by atoms with Crippen molar-refractivity contribution in [2.24, 2.45) is 0 Å². The molecule has 1 aromatic carbocycles. The molecule has 2 aromatic rings. The van der Waals surface area contributed by atoms with Crippen LogP contribution in [0.4, 0.5) is 0 Å². The summed E-state index contributed by atoms with van der Waals surface area (Å²) in [6, 6.07) is 8.14. The van der Waals surface area contributed by atoms with Crippen molar-refractivity contribution in [3.8, 4) is 5.75 Å². The first kappa shape index (κ1) is 14.2. The van der Waals surface area contributed by atoms with Gasteiger partial charge < -0.3 is 14.5 Å². The second-order valence-electron chi connectivity index (χ2n) is 4.33. The molecule has 0 bridgehead atoms. The van der Waals surface area contributed by atoms with Crippen LogP contribution in [0.2, 0.25) is 0 Å². The van der Waals surface area contributed by atoms with Crippen LogP contribution in [-0.2, 0) is 0 Å². The lowest BCUT2D eigenvalue weighted by Crippen LogP contribution is -2.23. The fraction of sp³-hybridized carbons (Fsp3) is 0.333. The minimum atomic E-state index is 0.124. The van der Waals surface area contributed by atoms with Gasteiger partial charge in [-0.2, -0.15) is 0 Å². The van der Waals surface area contributed by atoms with Gasteiger partial charge in [0, 0.05) is 10.0 Å². The summed E-state index contributed by atoms with van der Waals surface area (Å²) in [5.74, 6) is 0.845. The molecule has 0 spiro atoms. The standard InChI is InChI=1S/C15H18BrNO2/c1-3-7-17-15(11-6-8-19-10-11)13-5-4-12(18-2)9-14(13)16/h4-6,8-10,15,17H,3,7H2,1-2H3. The van der Waals surface area contributed by atoms with E-state index in [0.717, 1.165) is 28.8 Å². The van der Waals surface area contributed by atoms with Gasteiger partial charge in [-0.15, -0.1) is 0 Å². The fourth-order valence-corrected chi connectivity index (χ4v) is 2.59. The molecule has 4 heteroatoms. The Hall–Kier alpha value is -1.26. The third kappa shape index (κ3) is 3.39. The Kier molecular flexibility index (Phi) is 5.05. The minimum Gasteiger partial charge on any atom is -0.497 e. The molecule has 0 aliphatic heterocycles. The normalized spacial score (nSPS) is 12.4. The maximum atomic E-state index is 5.23. The first-order valence-electron chi connectivity index (χ1n) is 6.35. The van der Waals surface area contributed by atoms with E-state index in [2.05, 4.69) is 34.2 Å². The Morgan fingerprint density at radius 3 is 2.79 bits per heavy atom. The molecule has 1 unspecified atom stereocenters. The van der Waals surface area contributed by atoms with Crippen molar-refractivity contribution in [1.82, 2.24) is 5.32 Å². The average Bonchev–Trinajstić information content (AvgIpc) is 2.94. The number of halogens is 1. The molecule has 1 heterocycles. The Balaban J connectivity index is 2.32. The fourth-order valence-electron chi connectivity index (χ4n) is 2.00. The van der Waals surface area contributed by atoms with E-state index in [4.69, 9.17) is 9.15 Å². The van der Waals surface area contributed by atoms with Gasteiger partial charge in [-0.3, -0.25) is 0 Å². The van der Waals surface area contributed by atoms with Crippen LogP contribution in [0.3, 0.4) is 0 Å². The summed E-state index contributed by atoms with van der Waals surface area (Å²) in [4.78, 5) is 0. The zero-order valence-electron chi connectivity index (χ0n) is 11.2. The Morgan fingerprint density at radius 2 is 2.21 bits per heavy atom. The summed E-state index contributed by atoms with van der Waals surface area (Å²) in [5.41, 5.74) is 2.30. The van der Waals surface area contributed by atoms with E-state index in [0.29, 0.717) is 0 Å². The van der Waals surface area contributed by atoms with Gasteiger partial charge in [0.1, 0.15) is 5.75 Å². The molecule has 0 amide bonds. The Morgan fingerprint density at radius 1 is 1.37 bits per heavy atom. The molecule has 3 nitrogen and oxygen atoms in total. The van der Waals surface area contributed by atoms with Gasteiger partial charge in [-0.1, -0.05) is 28.9 Å². The molecule has 0 radical (unpaired) electrons. The second-order valence-corrected chi connectivity index (χ2v) is 5.19. The van der Waals surface area contributed by atoms with Gasteiger partial charge in [-0.05, 0) is 36.7 Å². The molecule has 1 aromatic heterocycles. The van der Waals surface area contributed by atoms with E-state index in [1.807, 2.05) is 18.2 Å². The van der Waals surface area contributed by atoms with Crippen LogP contribution >= 0.6 is 15.9 Å². The van der Waals surface area contributed by atoms with Crippen LogP contribution in [0.25, 0.3) is 0 Å². The molecular weight excluding hydrogens is 306 g/mol. The largest absolute Gasteiger partial charge is 0.497 e. The van der Waals surface area contributed by atoms with E-state index >= 15 is 0 Å². The van der Waals surface area contributed by atoms with Gasteiger partial charge in [-0.25, -0.2) is 0 Å². The van der Waals surface area contributed by atoms with Crippen molar-refractivity contribution in [1.29, 1.82) is 0 Å². The van der Waals surface area contributed by atoms with E-state index in [1.165, 1.54) is 5.56 Å². The highest BCUT2D eigenvalue weighted by Crippen LogP contribution is 2.31. The smallest absolute Gasteiger partial charge is 0.120 e. The number of methoxy groups -OCH3 is 1. The molecule has 0 aliphatic rings. The zero-order chi connectivity index (χ0) is 13.7. The monoisotopic (exact) mass is 323 g/mol. The number of benzene rings is 1. The summed E-state index contributed by atoms with van der Waals surface area (Å²) in [6.45, 7) is 3.11. The van der Waals surface area contributed by atoms with Gasteiger partial charge in [0.05, 0.1) is 25.7 Å². The quantitative estimate of drug-likeness (QED) is 0.867. The van der Waals surface area contributed by atoms with Crippen molar-refractivity contribution >= 4 is 15.9 Å². The number of hydrogen-bond acceptors (Lipinski definition) is 3. The first-order chi connectivity index (χ1) is 9.26. The zero-order valence-corrected chi connectivity index (χ0v) is 12.7.